The zero-order valence-electron chi connectivity index (χ0n) is 14.3. The summed E-state index contributed by atoms with van der Waals surface area (Å²) in [5.74, 6) is 0.698. The maximum atomic E-state index is 12.6. The van der Waals surface area contributed by atoms with Gasteiger partial charge in [0.1, 0.15) is 11.4 Å². The van der Waals surface area contributed by atoms with Crippen LogP contribution in [0, 0.1) is 6.92 Å². The fourth-order valence-electron chi connectivity index (χ4n) is 2.67. The molecule has 0 bridgehead atoms. The smallest absolute Gasteiger partial charge is 0.271 e. The summed E-state index contributed by atoms with van der Waals surface area (Å²) in [4.78, 5) is 17.9. The van der Waals surface area contributed by atoms with Crippen LogP contribution >= 0.6 is 11.3 Å². The molecule has 0 unspecified atom stereocenters. The van der Waals surface area contributed by atoms with E-state index < -0.39 is 0 Å². The number of nitrogens with one attached hydrogen (secondary N) is 1. The first-order valence-corrected chi connectivity index (χ1v) is 8.93. The SMILES string of the molecule is COc1ccccc1CCNC(=O)c1nc(C)sc1-c1ccccc1. The van der Waals surface area contributed by atoms with Gasteiger partial charge in [0.2, 0.25) is 0 Å². The lowest BCUT2D eigenvalue weighted by molar-refractivity contribution is 0.0950. The van der Waals surface area contributed by atoms with Crippen molar-refractivity contribution in [1.29, 1.82) is 0 Å². The van der Waals surface area contributed by atoms with Crippen LogP contribution in [-0.4, -0.2) is 24.5 Å². The van der Waals surface area contributed by atoms with Crippen LogP contribution in [0.3, 0.4) is 0 Å². The van der Waals surface area contributed by atoms with Gasteiger partial charge in [0, 0.05) is 6.54 Å². The third kappa shape index (κ3) is 4.06. The largest absolute Gasteiger partial charge is 0.496 e. The Morgan fingerprint density at radius 1 is 1.12 bits per heavy atom. The van der Waals surface area contributed by atoms with Crippen molar-refractivity contribution in [2.24, 2.45) is 0 Å². The third-order valence-corrected chi connectivity index (χ3v) is 4.88. The average molecular weight is 352 g/mol. The maximum absolute atomic E-state index is 12.6. The number of rotatable bonds is 6. The highest BCUT2D eigenvalue weighted by Crippen LogP contribution is 2.30. The van der Waals surface area contributed by atoms with E-state index in [1.165, 1.54) is 11.3 Å². The molecule has 0 aliphatic carbocycles. The summed E-state index contributed by atoms with van der Waals surface area (Å²) >= 11 is 1.54. The van der Waals surface area contributed by atoms with Gasteiger partial charge in [-0.1, -0.05) is 48.5 Å². The third-order valence-electron chi connectivity index (χ3n) is 3.86. The summed E-state index contributed by atoms with van der Waals surface area (Å²) in [6.07, 6.45) is 0.708. The van der Waals surface area contributed by atoms with Crippen molar-refractivity contribution in [2.45, 2.75) is 13.3 Å². The van der Waals surface area contributed by atoms with Crippen LogP contribution in [0.2, 0.25) is 0 Å². The molecule has 1 heterocycles. The number of benzene rings is 2. The number of amides is 1. The lowest BCUT2D eigenvalue weighted by atomic mass is 10.1. The van der Waals surface area contributed by atoms with Gasteiger partial charge in [-0.05, 0) is 30.5 Å². The van der Waals surface area contributed by atoms with Crippen molar-refractivity contribution >= 4 is 17.2 Å². The average Bonchev–Trinajstić information content (AvgIpc) is 3.05. The lowest BCUT2D eigenvalue weighted by Crippen LogP contribution is -2.26. The molecule has 0 radical (unpaired) electrons. The minimum Gasteiger partial charge on any atom is -0.496 e. The van der Waals surface area contributed by atoms with Crippen LogP contribution in [0.4, 0.5) is 0 Å². The second-order valence-corrected chi connectivity index (χ2v) is 6.80. The molecule has 3 rings (SSSR count). The van der Waals surface area contributed by atoms with Gasteiger partial charge in [0.15, 0.2) is 0 Å². The van der Waals surface area contributed by atoms with Crippen molar-refractivity contribution in [1.82, 2.24) is 10.3 Å². The van der Waals surface area contributed by atoms with Gasteiger partial charge in [-0.2, -0.15) is 0 Å². The molecule has 2 aromatic carbocycles. The van der Waals surface area contributed by atoms with Crippen LogP contribution in [0.15, 0.2) is 54.6 Å². The Bertz CT molecular complexity index is 859. The number of hydrogen-bond acceptors (Lipinski definition) is 4. The summed E-state index contributed by atoms with van der Waals surface area (Å²) in [6.45, 7) is 2.45. The molecule has 0 spiro atoms. The Morgan fingerprint density at radius 3 is 2.60 bits per heavy atom. The minimum absolute atomic E-state index is 0.141. The molecule has 0 aliphatic heterocycles. The van der Waals surface area contributed by atoms with E-state index in [0.29, 0.717) is 18.7 Å². The van der Waals surface area contributed by atoms with Crippen LogP contribution in [-0.2, 0) is 6.42 Å². The number of aryl methyl sites for hydroxylation is 1. The van der Waals surface area contributed by atoms with Gasteiger partial charge in [-0.15, -0.1) is 11.3 Å². The van der Waals surface area contributed by atoms with Crippen LogP contribution in [0.5, 0.6) is 5.75 Å². The Balaban J connectivity index is 1.70. The van der Waals surface area contributed by atoms with E-state index in [1.807, 2.05) is 61.5 Å². The van der Waals surface area contributed by atoms with Crippen LogP contribution < -0.4 is 10.1 Å². The molecule has 3 aromatic rings. The normalized spacial score (nSPS) is 10.5. The molecule has 4 nitrogen and oxygen atoms in total. The minimum atomic E-state index is -0.141. The van der Waals surface area contributed by atoms with E-state index in [1.54, 1.807) is 7.11 Å². The highest BCUT2D eigenvalue weighted by molar-refractivity contribution is 7.15. The molecular weight excluding hydrogens is 332 g/mol. The van der Waals surface area contributed by atoms with Crippen LogP contribution in [0.25, 0.3) is 10.4 Å². The number of nitrogens with zero attached hydrogens (tertiary/aromatic N) is 1. The predicted octanol–water partition coefficient (Wildman–Crippen LogP) is 4.10. The van der Waals surface area contributed by atoms with E-state index in [4.69, 9.17) is 4.74 Å². The number of aromatic nitrogens is 1. The monoisotopic (exact) mass is 352 g/mol. The van der Waals surface area contributed by atoms with E-state index in [-0.39, 0.29) is 5.91 Å². The number of para-hydroxylation sites is 1. The predicted molar refractivity (Wildman–Crippen MR) is 101 cm³/mol. The Hall–Kier alpha value is -2.66. The molecule has 0 saturated heterocycles. The van der Waals surface area contributed by atoms with Gasteiger partial charge in [0.25, 0.3) is 5.91 Å². The first-order valence-electron chi connectivity index (χ1n) is 8.12. The van der Waals surface area contributed by atoms with Crippen molar-refractivity contribution in [3.8, 4) is 16.2 Å². The number of methoxy groups -OCH3 is 1. The molecular formula is C20H20N2O2S. The number of ether oxygens (including phenoxy) is 1. The summed E-state index contributed by atoms with van der Waals surface area (Å²) in [7, 11) is 1.65. The standard InChI is InChI=1S/C20H20N2O2S/c1-14-22-18(19(25-14)16-9-4-3-5-10-16)20(23)21-13-12-15-8-6-7-11-17(15)24-2/h3-11H,12-13H2,1-2H3,(H,21,23). The molecule has 1 N–H and O–H groups in total. The van der Waals surface area contributed by atoms with Crippen molar-refractivity contribution in [3.63, 3.8) is 0 Å². The van der Waals surface area contributed by atoms with E-state index in [0.717, 1.165) is 26.8 Å². The summed E-state index contributed by atoms with van der Waals surface area (Å²) in [5.41, 5.74) is 2.58. The highest BCUT2D eigenvalue weighted by atomic mass is 32.1. The first kappa shape index (κ1) is 17.2. The molecule has 0 aliphatic rings. The number of thiazole rings is 1. The summed E-state index contributed by atoms with van der Waals surface area (Å²) < 4.78 is 5.34. The van der Waals surface area contributed by atoms with E-state index in [9.17, 15) is 4.79 Å². The van der Waals surface area contributed by atoms with Gasteiger partial charge >= 0.3 is 0 Å². The fraction of sp³-hybridized carbons (Fsp3) is 0.200. The molecule has 0 atom stereocenters. The van der Waals surface area contributed by atoms with Crippen molar-refractivity contribution in [2.75, 3.05) is 13.7 Å². The molecule has 5 heteroatoms. The van der Waals surface area contributed by atoms with Gasteiger partial charge < -0.3 is 10.1 Å². The van der Waals surface area contributed by atoms with Crippen LogP contribution in [0.1, 0.15) is 21.1 Å². The molecule has 0 fully saturated rings. The molecule has 1 aromatic heterocycles. The van der Waals surface area contributed by atoms with Crippen molar-refractivity contribution in [3.05, 3.63) is 70.9 Å². The second-order valence-electron chi connectivity index (χ2n) is 5.59. The fourth-order valence-corrected chi connectivity index (χ4v) is 3.59. The number of carbonyl (C=O) groups excluding carboxylic acids is 1. The van der Waals surface area contributed by atoms with Gasteiger partial charge in [0.05, 0.1) is 17.0 Å². The lowest BCUT2D eigenvalue weighted by Gasteiger charge is -2.09. The number of carbonyl (C=O) groups is 1. The summed E-state index contributed by atoms with van der Waals surface area (Å²) in [5, 5.41) is 3.86. The first-order chi connectivity index (χ1) is 12.2. The zero-order valence-corrected chi connectivity index (χ0v) is 15.1. The molecule has 128 valence electrons. The maximum Gasteiger partial charge on any atom is 0.271 e. The summed E-state index contributed by atoms with van der Waals surface area (Å²) in [6, 6.07) is 17.7. The van der Waals surface area contributed by atoms with E-state index >= 15 is 0 Å². The van der Waals surface area contributed by atoms with Gasteiger partial charge in [-0.25, -0.2) is 4.98 Å². The highest BCUT2D eigenvalue weighted by Gasteiger charge is 2.18. The molecule has 1 amide bonds. The topological polar surface area (TPSA) is 51.2 Å². The zero-order chi connectivity index (χ0) is 17.6. The van der Waals surface area contributed by atoms with Gasteiger partial charge in [-0.3, -0.25) is 4.79 Å². The Kier molecular flexibility index (Phi) is 5.46. The Labute approximate surface area is 151 Å². The molecule has 25 heavy (non-hydrogen) atoms. The van der Waals surface area contributed by atoms with Crippen molar-refractivity contribution < 1.29 is 9.53 Å². The quantitative estimate of drug-likeness (QED) is 0.727. The molecule has 0 saturated carbocycles. The Morgan fingerprint density at radius 2 is 1.84 bits per heavy atom. The second kappa shape index (κ2) is 7.94. The van der Waals surface area contributed by atoms with E-state index in [2.05, 4.69) is 10.3 Å². The number of hydrogen-bond donors (Lipinski definition) is 1.